The van der Waals surface area contributed by atoms with E-state index in [1.54, 1.807) is 0 Å². The number of hydrogen-bond donors (Lipinski definition) is 1. The molecule has 1 aromatic carbocycles. The molecular formula is C17H24BrN3. The summed E-state index contributed by atoms with van der Waals surface area (Å²) >= 11 is 3.71. The molecule has 2 aromatic rings. The fourth-order valence-corrected chi connectivity index (χ4v) is 3.09. The molecule has 0 radical (unpaired) electrons. The summed E-state index contributed by atoms with van der Waals surface area (Å²) in [5.74, 6) is 0.462. The third-order valence-corrected chi connectivity index (χ3v) is 4.84. The number of rotatable bonds is 7. The Bertz CT molecular complexity index is 563. The van der Waals surface area contributed by atoms with Crippen LogP contribution in [0, 0.1) is 6.92 Å². The molecule has 0 bridgehead atoms. The van der Waals surface area contributed by atoms with Crippen LogP contribution < -0.4 is 5.32 Å². The van der Waals surface area contributed by atoms with Crippen LogP contribution in [0.2, 0.25) is 0 Å². The first-order chi connectivity index (χ1) is 10.2. The predicted molar refractivity (Wildman–Crippen MR) is 91.8 cm³/mol. The summed E-state index contributed by atoms with van der Waals surface area (Å²) in [4.78, 5) is 0. The highest BCUT2D eigenvalue weighted by molar-refractivity contribution is 9.10. The van der Waals surface area contributed by atoms with Crippen LogP contribution >= 0.6 is 15.9 Å². The molecule has 0 aliphatic rings. The fraction of sp³-hybridized carbons (Fsp3) is 0.471. The molecular weight excluding hydrogens is 326 g/mol. The summed E-state index contributed by atoms with van der Waals surface area (Å²) in [6.45, 7) is 9.24. The van der Waals surface area contributed by atoms with Gasteiger partial charge in [0, 0.05) is 19.0 Å². The molecule has 4 heteroatoms. The number of aromatic nitrogens is 2. The van der Waals surface area contributed by atoms with Crippen molar-refractivity contribution in [1.29, 1.82) is 0 Å². The van der Waals surface area contributed by atoms with Crippen molar-refractivity contribution in [2.75, 3.05) is 13.1 Å². The summed E-state index contributed by atoms with van der Waals surface area (Å²) < 4.78 is 3.27. The molecule has 0 fully saturated rings. The first kappa shape index (κ1) is 16.2. The zero-order valence-electron chi connectivity index (χ0n) is 13.1. The summed E-state index contributed by atoms with van der Waals surface area (Å²) in [6.07, 6.45) is 0.992. The van der Waals surface area contributed by atoms with Crippen molar-refractivity contribution < 1.29 is 0 Å². The largest absolute Gasteiger partial charge is 0.316 e. The first-order valence-electron chi connectivity index (χ1n) is 7.64. The highest BCUT2D eigenvalue weighted by Gasteiger charge is 2.18. The first-order valence-corrected chi connectivity index (χ1v) is 8.44. The lowest BCUT2D eigenvalue weighted by Crippen LogP contribution is -2.23. The van der Waals surface area contributed by atoms with E-state index < -0.39 is 0 Å². The maximum Gasteiger partial charge on any atom is 0.0738 e. The number of benzene rings is 1. The topological polar surface area (TPSA) is 29.9 Å². The van der Waals surface area contributed by atoms with Crippen LogP contribution in [0.15, 0.2) is 34.8 Å². The summed E-state index contributed by atoms with van der Waals surface area (Å²) in [5, 5.41) is 8.09. The molecule has 3 nitrogen and oxygen atoms in total. The van der Waals surface area contributed by atoms with Gasteiger partial charge in [0.25, 0.3) is 0 Å². The van der Waals surface area contributed by atoms with E-state index in [1.165, 1.54) is 11.3 Å². The molecule has 1 N–H and O–H groups in total. The number of nitrogens with one attached hydrogen (secondary N) is 1. The van der Waals surface area contributed by atoms with Crippen molar-refractivity contribution in [3.8, 4) is 0 Å². The second-order valence-corrected chi connectivity index (χ2v) is 6.07. The summed E-state index contributed by atoms with van der Waals surface area (Å²) in [5.41, 5.74) is 3.75. The van der Waals surface area contributed by atoms with Crippen LogP contribution in [0.4, 0.5) is 0 Å². The Morgan fingerprint density at radius 2 is 1.95 bits per heavy atom. The van der Waals surface area contributed by atoms with Crippen LogP contribution in [-0.2, 0) is 13.0 Å². The Labute approximate surface area is 135 Å². The molecule has 0 aliphatic carbocycles. The highest BCUT2D eigenvalue weighted by Crippen LogP contribution is 2.27. The van der Waals surface area contributed by atoms with E-state index in [0.717, 1.165) is 36.2 Å². The average Bonchev–Trinajstić information content (AvgIpc) is 2.79. The number of aryl methyl sites for hydroxylation is 2. The van der Waals surface area contributed by atoms with Gasteiger partial charge in [-0.3, -0.25) is 4.68 Å². The molecule has 0 saturated heterocycles. The van der Waals surface area contributed by atoms with E-state index in [-0.39, 0.29) is 0 Å². The monoisotopic (exact) mass is 349 g/mol. The average molecular weight is 350 g/mol. The third kappa shape index (κ3) is 3.95. The molecule has 21 heavy (non-hydrogen) atoms. The molecule has 1 unspecified atom stereocenters. The van der Waals surface area contributed by atoms with E-state index >= 15 is 0 Å². The molecule has 0 amide bonds. The lowest BCUT2D eigenvalue weighted by Gasteiger charge is -2.19. The number of halogens is 1. The molecule has 0 saturated carbocycles. The molecule has 114 valence electrons. The van der Waals surface area contributed by atoms with E-state index in [2.05, 4.69) is 82.1 Å². The predicted octanol–water partition coefficient (Wildman–Crippen LogP) is 3.91. The van der Waals surface area contributed by atoms with Gasteiger partial charge < -0.3 is 5.32 Å². The van der Waals surface area contributed by atoms with Crippen molar-refractivity contribution >= 4 is 15.9 Å². The zero-order chi connectivity index (χ0) is 15.2. The molecule has 2 rings (SSSR count). The number of hydrogen-bond acceptors (Lipinski definition) is 2. The minimum Gasteiger partial charge on any atom is -0.316 e. The quantitative estimate of drug-likeness (QED) is 0.821. The minimum absolute atomic E-state index is 0.462. The Morgan fingerprint density at radius 1 is 1.24 bits per heavy atom. The van der Waals surface area contributed by atoms with Crippen molar-refractivity contribution in [3.05, 3.63) is 51.8 Å². The number of likely N-dealkylation sites (N-methyl/N-ethyl adjacent to an activating group) is 1. The van der Waals surface area contributed by atoms with Gasteiger partial charge in [0.1, 0.15) is 0 Å². The van der Waals surface area contributed by atoms with E-state index in [4.69, 9.17) is 0 Å². The number of nitrogens with zero attached hydrogens (tertiary/aromatic N) is 2. The van der Waals surface area contributed by atoms with Crippen LogP contribution in [0.25, 0.3) is 0 Å². The summed E-state index contributed by atoms with van der Waals surface area (Å²) in [7, 11) is 0. The van der Waals surface area contributed by atoms with Crippen LogP contribution in [-0.4, -0.2) is 22.9 Å². The van der Waals surface area contributed by atoms with Gasteiger partial charge in [0.15, 0.2) is 0 Å². The lowest BCUT2D eigenvalue weighted by atomic mass is 9.94. The van der Waals surface area contributed by atoms with Crippen LogP contribution in [0.3, 0.4) is 0 Å². The second kappa shape index (κ2) is 7.76. The molecule has 0 spiro atoms. The Hall–Kier alpha value is -1.13. The standard InChI is InChI=1S/C17H24BrN3/c1-4-19-12-15(14-9-7-6-8-10-14)11-16-17(18)13(3)20-21(16)5-2/h6-10,15,19H,4-5,11-12H2,1-3H3. The lowest BCUT2D eigenvalue weighted by molar-refractivity contribution is 0.550. The van der Waals surface area contributed by atoms with Gasteiger partial charge in [0.05, 0.1) is 15.9 Å². The van der Waals surface area contributed by atoms with Gasteiger partial charge >= 0.3 is 0 Å². The van der Waals surface area contributed by atoms with Crippen molar-refractivity contribution in [2.24, 2.45) is 0 Å². The van der Waals surface area contributed by atoms with Gasteiger partial charge in [0.2, 0.25) is 0 Å². The highest BCUT2D eigenvalue weighted by atomic mass is 79.9. The molecule has 1 aromatic heterocycles. The SMILES string of the molecule is CCNCC(Cc1c(Br)c(C)nn1CC)c1ccccc1. The van der Waals surface area contributed by atoms with Crippen LogP contribution in [0.5, 0.6) is 0 Å². The Kier molecular flexibility index (Phi) is 6.00. The van der Waals surface area contributed by atoms with Gasteiger partial charge in [-0.2, -0.15) is 5.10 Å². The third-order valence-electron chi connectivity index (χ3n) is 3.80. The van der Waals surface area contributed by atoms with Gasteiger partial charge in [-0.05, 0) is 48.3 Å². The van der Waals surface area contributed by atoms with Crippen molar-refractivity contribution in [1.82, 2.24) is 15.1 Å². The van der Waals surface area contributed by atoms with E-state index in [1.807, 2.05) is 0 Å². The van der Waals surface area contributed by atoms with Crippen molar-refractivity contribution in [2.45, 2.75) is 39.7 Å². The zero-order valence-corrected chi connectivity index (χ0v) is 14.7. The van der Waals surface area contributed by atoms with Gasteiger partial charge in [-0.15, -0.1) is 0 Å². The van der Waals surface area contributed by atoms with Crippen molar-refractivity contribution in [3.63, 3.8) is 0 Å². The fourth-order valence-electron chi connectivity index (χ4n) is 2.65. The normalized spacial score (nSPS) is 12.6. The molecule has 1 atom stereocenters. The maximum atomic E-state index is 4.61. The summed E-state index contributed by atoms with van der Waals surface area (Å²) in [6, 6.07) is 10.7. The maximum absolute atomic E-state index is 4.61. The molecule has 1 heterocycles. The van der Waals surface area contributed by atoms with Gasteiger partial charge in [-0.25, -0.2) is 0 Å². The minimum atomic E-state index is 0.462. The second-order valence-electron chi connectivity index (χ2n) is 5.28. The van der Waals surface area contributed by atoms with Crippen LogP contribution in [0.1, 0.15) is 36.7 Å². The van der Waals surface area contributed by atoms with Gasteiger partial charge in [-0.1, -0.05) is 37.3 Å². The smallest absolute Gasteiger partial charge is 0.0738 e. The Morgan fingerprint density at radius 3 is 2.57 bits per heavy atom. The molecule has 0 aliphatic heterocycles. The Balaban J connectivity index is 2.27. The van der Waals surface area contributed by atoms with E-state index in [0.29, 0.717) is 5.92 Å². The van der Waals surface area contributed by atoms with E-state index in [9.17, 15) is 0 Å².